The largest absolute Gasteiger partial charge is 0.755 e. The number of hydrogen-bond acceptors (Lipinski definition) is 4. The van der Waals surface area contributed by atoms with E-state index in [1.165, 1.54) is 12.3 Å². The van der Waals surface area contributed by atoms with Gasteiger partial charge in [-0.05, 0) is 11.6 Å². The van der Waals surface area contributed by atoms with E-state index in [9.17, 15) is 8.76 Å². The second kappa shape index (κ2) is 3.04. The fourth-order valence-electron chi connectivity index (χ4n) is 0.757. The monoisotopic (exact) mass is 174 g/mol. The van der Waals surface area contributed by atoms with Crippen LogP contribution in [0.25, 0.3) is 0 Å². The van der Waals surface area contributed by atoms with Gasteiger partial charge in [-0.15, -0.1) is 0 Å². The number of aromatic nitrogens is 1. The van der Waals surface area contributed by atoms with Crippen LogP contribution in [0.15, 0.2) is 12.3 Å². The summed E-state index contributed by atoms with van der Waals surface area (Å²) in [6.45, 7) is 0.286. The van der Waals surface area contributed by atoms with Crippen molar-refractivity contribution in [2.75, 3.05) is 5.73 Å². The molecule has 0 aromatic carbocycles. The summed E-state index contributed by atoms with van der Waals surface area (Å²) in [5.74, 6) is 0.179. The van der Waals surface area contributed by atoms with Gasteiger partial charge in [-0.1, -0.05) is 0 Å². The van der Waals surface area contributed by atoms with Gasteiger partial charge < -0.3 is 16.0 Å². The molecule has 1 unspecified atom stereocenters. The van der Waals surface area contributed by atoms with Crippen molar-refractivity contribution < 1.29 is 8.76 Å². The van der Waals surface area contributed by atoms with Crippen LogP contribution in [0.5, 0.6) is 0 Å². The van der Waals surface area contributed by atoms with E-state index in [-0.39, 0.29) is 12.4 Å². The lowest BCUT2D eigenvalue weighted by atomic mass is 10.3. The van der Waals surface area contributed by atoms with Crippen molar-refractivity contribution in [1.82, 2.24) is 3.97 Å². The predicted octanol–water partition coefficient (Wildman–Crippen LogP) is -0.829. The van der Waals surface area contributed by atoms with Crippen LogP contribution in [0, 0.1) is 0 Å². The molecule has 6 heteroatoms. The summed E-state index contributed by atoms with van der Waals surface area (Å²) in [5.41, 5.74) is 11.3. The first kappa shape index (κ1) is 8.25. The summed E-state index contributed by atoms with van der Waals surface area (Å²) >= 11 is -2.34. The first-order valence-corrected chi connectivity index (χ1v) is 3.95. The lowest BCUT2D eigenvalue weighted by Crippen LogP contribution is -2.05. The third-order valence-corrected chi connectivity index (χ3v) is 1.90. The molecule has 62 valence electrons. The van der Waals surface area contributed by atoms with Gasteiger partial charge in [0, 0.05) is 12.7 Å². The fourth-order valence-corrected chi connectivity index (χ4v) is 1.20. The van der Waals surface area contributed by atoms with Gasteiger partial charge in [-0.3, -0.25) is 8.18 Å². The second-order valence-electron chi connectivity index (χ2n) is 2.02. The fraction of sp³-hybridized carbons (Fsp3) is 0.200. The maximum atomic E-state index is 10.4. The standard InChI is InChI=1S/C5H9N3O2S/c6-2-4-1-5(7)8(3-4)11(9)10/h1,3H,2,6-7H2,(H,9,10)/p-1. The zero-order valence-electron chi connectivity index (χ0n) is 5.69. The van der Waals surface area contributed by atoms with Crippen molar-refractivity contribution >= 4 is 17.1 Å². The zero-order chi connectivity index (χ0) is 8.43. The predicted molar refractivity (Wildman–Crippen MR) is 41.1 cm³/mol. The molecule has 0 amide bonds. The van der Waals surface area contributed by atoms with E-state index >= 15 is 0 Å². The van der Waals surface area contributed by atoms with E-state index in [1.54, 1.807) is 0 Å². The van der Waals surface area contributed by atoms with Crippen LogP contribution in [-0.4, -0.2) is 12.7 Å². The highest BCUT2D eigenvalue weighted by Crippen LogP contribution is 2.09. The number of nitrogens with two attached hydrogens (primary N) is 2. The van der Waals surface area contributed by atoms with E-state index in [1.807, 2.05) is 0 Å². The molecule has 0 saturated heterocycles. The Hall–Kier alpha value is -0.850. The van der Waals surface area contributed by atoms with Crippen molar-refractivity contribution in [3.05, 3.63) is 17.8 Å². The Morgan fingerprint density at radius 3 is 2.64 bits per heavy atom. The van der Waals surface area contributed by atoms with Crippen LogP contribution in [-0.2, 0) is 17.8 Å². The van der Waals surface area contributed by atoms with E-state index in [4.69, 9.17) is 11.5 Å². The molecule has 11 heavy (non-hydrogen) atoms. The molecule has 1 rings (SSSR count). The highest BCUT2D eigenvalue weighted by atomic mass is 32.2. The van der Waals surface area contributed by atoms with Crippen molar-refractivity contribution in [2.45, 2.75) is 6.54 Å². The molecule has 0 aliphatic carbocycles. The Balaban J connectivity index is 3.07. The van der Waals surface area contributed by atoms with Crippen LogP contribution in [0.4, 0.5) is 5.82 Å². The third kappa shape index (κ3) is 1.59. The molecule has 0 fully saturated rings. The van der Waals surface area contributed by atoms with Gasteiger partial charge in [0.1, 0.15) is 5.82 Å². The maximum absolute atomic E-state index is 10.4. The van der Waals surface area contributed by atoms with Crippen molar-refractivity contribution in [3.8, 4) is 0 Å². The third-order valence-electron chi connectivity index (χ3n) is 1.27. The summed E-state index contributed by atoms with van der Waals surface area (Å²) in [7, 11) is 0. The molecule has 0 aliphatic heterocycles. The second-order valence-corrected chi connectivity index (χ2v) is 2.85. The number of hydrogen-bond donors (Lipinski definition) is 2. The average molecular weight is 174 g/mol. The van der Waals surface area contributed by atoms with E-state index < -0.39 is 11.3 Å². The Morgan fingerprint density at radius 2 is 2.36 bits per heavy atom. The maximum Gasteiger partial charge on any atom is 0.114 e. The first-order chi connectivity index (χ1) is 5.15. The topological polar surface area (TPSA) is 97.1 Å². The number of rotatable bonds is 2. The average Bonchev–Trinajstić information content (AvgIpc) is 2.30. The molecule has 1 aromatic rings. The molecule has 5 nitrogen and oxygen atoms in total. The van der Waals surface area contributed by atoms with E-state index in [0.717, 1.165) is 3.97 Å². The van der Waals surface area contributed by atoms with Gasteiger partial charge in [0.25, 0.3) is 0 Å². The molecule has 0 bridgehead atoms. The van der Waals surface area contributed by atoms with E-state index in [0.29, 0.717) is 5.56 Å². The minimum absolute atomic E-state index is 0.179. The molecule has 0 radical (unpaired) electrons. The molecule has 0 saturated carbocycles. The van der Waals surface area contributed by atoms with Gasteiger partial charge in [-0.25, -0.2) is 0 Å². The molecule has 0 spiro atoms. The molecular weight excluding hydrogens is 166 g/mol. The highest BCUT2D eigenvalue weighted by molar-refractivity contribution is 7.77. The number of nitrogen functional groups attached to an aromatic ring is 1. The molecular formula is C5H8N3O2S-. The Morgan fingerprint density at radius 1 is 1.73 bits per heavy atom. The number of nitrogens with zero attached hydrogens (tertiary/aromatic N) is 1. The van der Waals surface area contributed by atoms with Gasteiger partial charge in [-0.2, -0.15) is 0 Å². The Labute approximate surface area is 66.4 Å². The lowest BCUT2D eigenvalue weighted by Gasteiger charge is -2.06. The van der Waals surface area contributed by atoms with Crippen molar-refractivity contribution in [1.29, 1.82) is 0 Å². The summed E-state index contributed by atoms with van der Waals surface area (Å²) in [5, 5.41) is 0. The van der Waals surface area contributed by atoms with Gasteiger partial charge >= 0.3 is 0 Å². The lowest BCUT2D eigenvalue weighted by molar-refractivity contribution is 0.528. The Bertz CT molecular complexity index is 283. The highest BCUT2D eigenvalue weighted by Gasteiger charge is 2.00. The van der Waals surface area contributed by atoms with Crippen molar-refractivity contribution in [2.24, 2.45) is 5.73 Å². The smallest absolute Gasteiger partial charge is 0.114 e. The molecule has 1 heterocycles. The van der Waals surface area contributed by atoms with Crippen molar-refractivity contribution in [3.63, 3.8) is 0 Å². The van der Waals surface area contributed by atoms with Crippen LogP contribution in [0.3, 0.4) is 0 Å². The van der Waals surface area contributed by atoms with Crippen LogP contribution < -0.4 is 11.5 Å². The molecule has 1 aromatic heterocycles. The zero-order valence-corrected chi connectivity index (χ0v) is 6.50. The minimum Gasteiger partial charge on any atom is -0.755 e. The summed E-state index contributed by atoms with van der Waals surface area (Å²) in [6, 6.07) is 1.52. The summed E-state index contributed by atoms with van der Waals surface area (Å²) in [4.78, 5) is 0. The normalized spacial score (nSPS) is 13.3. The molecule has 4 N–H and O–H groups in total. The van der Waals surface area contributed by atoms with Crippen LogP contribution >= 0.6 is 0 Å². The quantitative estimate of drug-likeness (QED) is 0.572. The number of anilines is 1. The SMILES string of the molecule is NCc1cc(N)n(S(=O)[O-])c1. The van der Waals surface area contributed by atoms with Crippen LogP contribution in [0.2, 0.25) is 0 Å². The molecule has 0 aliphatic rings. The van der Waals surface area contributed by atoms with Gasteiger partial charge in [0.2, 0.25) is 0 Å². The van der Waals surface area contributed by atoms with Gasteiger partial charge in [0.15, 0.2) is 0 Å². The summed E-state index contributed by atoms with van der Waals surface area (Å²) in [6.07, 6.45) is 1.39. The Kier molecular flexibility index (Phi) is 2.28. The molecule has 1 atom stereocenters. The first-order valence-electron chi connectivity index (χ1n) is 2.91. The van der Waals surface area contributed by atoms with Crippen LogP contribution in [0.1, 0.15) is 5.56 Å². The van der Waals surface area contributed by atoms with E-state index in [2.05, 4.69) is 0 Å². The summed E-state index contributed by atoms with van der Waals surface area (Å²) < 4.78 is 21.7. The minimum atomic E-state index is -2.34. The van der Waals surface area contributed by atoms with Gasteiger partial charge in [0.05, 0.1) is 11.3 Å².